The number of benzene rings is 1. The quantitative estimate of drug-likeness (QED) is 0.862. The number of hydrogen-bond donors (Lipinski definition) is 1. The summed E-state index contributed by atoms with van der Waals surface area (Å²) in [5.41, 5.74) is 3.13. The highest BCUT2D eigenvalue weighted by Gasteiger charge is 2.25. The third-order valence-electron chi connectivity index (χ3n) is 4.57. The van der Waals surface area contributed by atoms with Crippen LogP contribution in [0.25, 0.3) is 0 Å². The molecule has 1 N–H and O–H groups in total. The monoisotopic (exact) mass is 354 g/mol. The third-order valence-corrected chi connectivity index (χ3v) is 4.57. The minimum atomic E-state index is 0.0590. The van der Waals surface area contributed by atoms with E-state index in [-0.39, 0.29) is 18.4 Å². The fourth-order valence-electron chi connectivity index (χ4n) is 3.24. The normalized spacial score (nSPS) is 17.2. The smallest absolute Gasteiger partial charge is 0.248 e. The van der Waals surface area contributed by atoms with Crippen molar-refractivity contribution in [2.24, 2.45) is 0 Å². The predicted molar refractivity (Wildman–Crippen MR) is 102 cm³/mol. The van der Waals surface area contributed by atoms with Gasteiger partial charge in [-0.3, -0.25) is 4.79 Å². The van der Waals surface area contributed by atoms with E-state index in [9.17, 15) is 4.79 Å². The number of nitrogens with zero attached hydrogens (tertiary/aromatic N) is 3. The van der Waals surface area contributed by atoms with E-state index >= 15 is 0 Å². The molecule has 0 bridgehead atoms. The minimum Gasteiger partial charge on any atom is -0.372 e. The Bertz CT molecular complexity index is 750. The maximum Gasteiger partial charge on any atom is 0.248 e. The summed E-state index contributed by atoms with van der Waals surface area (Å²) in [4.78, 5) is 23.1. The highest BCUT2D eigenvalue weighted by atomic mass is 16.5. The van der Waals surface area contributed by atoms with Gasteiger partial charge in [-0.1, -0.05) is 12.1 Å². The van der Waals surface area contributed by atoms with Crippen molar-refractivity contribution in [3.63, 3.8) is 0 Å². The Morgan fingerprint density at radius 2 is 2.27 bits per heavy atom. The van der Waals surface area contributed by atoms with Crippen molar-refractivity contribution in [1.29, 1.82) is 0 Å². The number of aryl methyl sites for hydroxylation is 1. The fourth-order valence-corrected chi connectivity index (χ4v) is 3.24. The molecular formula is C20H26N4O2. The van der Waals surface area contributed by atoms with E-state index < -0.39 is 0 Å². The number of likely N-dealkylation sites (tertiary alicyclic amines) is 1. The number of piperidine rings is 1. The zero-order valence-electron chi connectivity index (χ0n) is 15.4. The molecule has 6 nitrogen and oxygen atoms in total. The highest BCUT2D eigenvalue weighted by molar-refractivity contribution is 5.77. The maximum absolute atomic E-state index is 12.2. The standard InChI is InChI=1S/C20H26N4O2/c1-3-26-14-19(25)24-11-5-7-16(13-24)18-9-10-21-20(23-18)22-17-8-4-6-15(2)12-17/h4,6,8-10,12,16H,3,5,7,11,13-14H2,1-2H3,(H,21,22,23)/t16-/m1/s1. The molecular weight excluding hydrogens is 328 g/mol. The number of anilines is 2. The zero-order chi connectivity index (χ0) is 18.4. The second kappa shape index (κ2) is 8.76. The first kappa shape index (κ1) is 18.3. The summed E-state index contributed by atoms with van der Waals surface area (Å²) in [6.45, 7) is 6.15. The molecule has 2 aromatic rings. The van der Waals surface area contributed by atoms with Crippen LogP contribution in [0.5, 0.6) is 0 Å². The van der Waals surface area contributed by atoms with Gasteiger partial charge in [0, 0.05) is 37.5 Å². The van der Waals surface area contributed by atoms with Crippen LogP contribution in [0, 0.1) is 6.92 Å². The first-order valence-electron chi connectivity index (χ1n) is 9.18. The van der Waals surface area contributed by atoms with Crippen molar-refractivity contribution in [3.05, 3.63) is 47.8 Å². The molecule has 1 aliphatic heterocycles. The Balaban J connectivity index is 1.68. The number of hydrogen-bond acceptors (Lipinski definition) is 5. The lowest BCUT2D eigenvalue weighted by atomic mass is 9.94. The van der Waals surface area contributed by atoms with Gasteiger partial charge in [-0.05, 0) is 50.5 Å². The van der Waals surface area contributed by atoms with Crippen LogP contribution in [0.1, 0.15) is 36.9 Å². The predicted octanol–water partition coefficient (Wildman–Crippen LogP) is 3.27. The maximum atomic E-state index is 12.2. The molecule has 1 aliphatic rings. The first-order valence-corrected chi connectivity index (χ1v) is 9.18. The molecule has 138 valence electrons. The van der Waals surface area contributed by atoms with Gasteiger partial charge >= 0.3 is 0 Å². The number of carbonyl (C=O) groups excluding carboxylic acids is 1. The van der Waals surface area contributed by atoms with Crippen LogP contribution in [0.15, 0.2) is 36.5 Å². The Kier molecular flexibility index (Phi) is 6.17. The summed E-state index contributed by atoms with van der Waals surface area (Å²) < 4.78 is 5.26. The number of nitrogens with one attached hydrogen (secondary N) is 1. The van der Waals surface area contributed by atoms with Gasteiger partial charge in [0.1, 0.15) is 6.61 Å². The highest BCUT2D eigenvalue weighted by Crippen LogP contribution is 2.26. The number of rotatable bonds is 6. The molecule has 26 heavy (non-hydrogen) atoms. The second-order valence-corrected chi connectivity index (χ2v) is 6.62. The van der Waals surface area contributed by atoms with Crippen molar-refractivity contribution < 1.29 is 9.53 Å². The molecule has 1 saturated heterocycles. The van der Waals surface area contributed by atoms with E-state index in [1.54, 1.807) is 6.20 Å². The van der Waals surface area contributed by atoms with Gasteiger partial charge in [-0.2, -0.15) is 0 Å². The average Bonchev–Trinajstić information content (AvgIpc) is 2.66. The van der Waals surface area contributed by atoms with Crippen molar-refractivity contribution >= 4 is 17.5 Å². The van der Waals surface area contributed by atoms with Gasteiger partial charge in [-0.25, -0.2) is 9.97 Å². The van der Waals surface area contributed by atoms with Gasteiger partial charge in [0.25, 0.3) is 0 Å². The molecule has 1 fully saturated rings. The van der Waals surface area contributed by atoms with Crippen molar-refractivity contribution in [2.45, 2.75) is 32.6 Å². The van der Waals surface area contributed by atoms with E-state index in [0.29, 0.717) is 19.1 Å². The molecule has 3 rings (SSSR count). The molecule has 0 saturated carbocycles. The van der Waals surface area contributed by atoms with Gasteiger partial charge < -0.3 is 15.0 Å². The molecule has 0 spiro atoms. The molecule has 0 unspecified atom stereocenters. The summed E-state index contributed by atoms with van der Waals surface area (Å²) in [6.07, 6.45) is 3.79. The first-order chi connectivity index (χ1) is 12.7. The zero-order valence-corrected chi connectivity index (χ0v) is 15.4. The summed E-state index contributed by atoms with van der Waals surface area (Å²) in [5.74, 6) is 0.880. The summed E-state index contributed by atoms with van der Waals surface area (Å²) in [6, 6.07) is 10.1. The van der Waals surface area contributed by atoms with Crippen molar-refractivity contribution in [3.8, 4) is 0 Å². The van der Waals surface area contributed by atoms with Crippen LogP contribution in [-0.4, -0.2) is 47.1 Å². The van der Waals surface area contributed by atoms with Crippen molar-refractivity contribution in [1.82, 2.24) is 14.9 Å². The summed E-state index contributed by atoms with van der Waals surface area (Å²) >= 11 is 0. The molecule has 1 aromatic heterocycles. The van der Waals surface area contributed by atoms with Gasteiger partial charge in [-0.15, -0.1) is 0 Å². The van der Waals surface area contributed by atoms with Gasteiger partial charge in [0.05, 0.1) is 5.69 Å². The summed E-state index contributed by atoms with van der Waals surface area (Å²) in [5, 5.41) is 3.26. The van der Waals surface area contributed by atoms with Crippen LogP contribution < -0.4 is 5.32 Å². The van der Waals surface area contributed by atoms with Gasteiger partial charge in [0.2, 0.25) is 11.9 Å². The van der Waals surface area contributed by atoms with Gasteiger partial charge in [0.15, 0.2) is 0 Å². The molecule has 1 aromatic carbocycles. The van der Waals surface area contributed by atoms with Crippen LogP contribution >= 0.6 is 0 Å². The fraction of sp³-hybridized carbons (Fsp3) is 0.450. The molecule has 6 heteroatoms. The molecule has 1 amide bonds. The van der Waals surface area contributed by atoms with E-state index in [1.807, 2.05) is 30.0 Å². The lowest BCUT2D eigenvalue weighted by Crippen LogP contribution is -2.41. The lowest BCUT2D eigenvalue weighted by Gasteiger charge is -2.32. The largest absolute Gasteiger partial charge is 0.372 e. The molecule has 2 heterocycles. The topological polar surface area (TPSA) is 67.3 Å². The number of aromatic nitrogens is 2. The van der Waals surface area contributed by atoms with E-state index in [1.165, 1.54) is 5.56 Å². The number of carbonyl (C=O) groups is 1. The van der Waals surface area contributed by atoms with Crippen LogP contribution in [0.4, 0.5) is 11.6 Å². The summed E-state index contributed by atoms with van der Waals surface area (Å²) in [7, 11) is 0. The number of amides is 1. The molecule has 0 radical (unpaired) electrons. The molecule has 1 atom stereocenters. The van der Waals surface area contributed by atoms with Crippen LogP contribution in [0.2, 0.25) is 0 Å². The van der Waals surface area contributed by atoms with Crippen LogP contribution in [-0.2, 0) is 9.53 Å². The number of ether oxygens (including phenoxy) is 1. The lowest BCUT2D eigenvalue weighted by molar-refractivity contribution is -0.137. The third kappa shape index (κ3) is 4.79. The Morgan fingerprint density at radius 3 is 3.08 bits per heavy atom. The van der Waals surface area contributed by atoms with E-state index in [0.717, 1.165) is 30.8 Å². The van der Waals surface area contributed by atoms with E-state index in [4.69, 9.17) is 4.74 Å². The van der Waals surface area contributed by atoms with Crippen LogP contribution in [0.3, 0.4) is 0 Å². The average molecular weight is 354 g/mol. The minimum absolute atomic E-state index is 0.0590. The van der Waals surface area contributed by atoms with Crippen molar-refractivity contribution in [2.75, 3.05) is 31.6 Å². The molecule has 0 aliphatic carbocycles. The Labute approximate surface area is 154 Å². The second-order valence-electron chi connectivity index (χ2n) is 6.62. The van der Waals surface area contributed by atoms with E-state index in [2.05, 4.69) is 34.3 Å². The Hall–Kier alpha value is -2.47. The Morgan fingerprint density at radius 1 is 1.38 bits per heavy atom. The SMILES string of the molecule is CCOCC(=O)N1CCC[C@@H](c2ccnc(Nc3cccc(C)c3)n2)C1.